The number of unbranched alkanes of at least 4 members (excludes halogenated alkanes) is 1. The molecule has 1 N–H and O–H groups in total. The summed E-state index contributed by atoms with van der Waals surface area (Å²) in [7, 11) is -0.776. The van der Waals surface area contributed by atoms with Crippen LogP contribution in [-0.4, -0.2) is 64.7 Å². The average molecular weight is 582 g/mol. The predicted molar refractivity (Wildman–Crippen MR) is 161 cm³/mol. The van der Waals surface area contributed by atoms with Crippen molar-refractivity contribution in [2.24, 2.45) is 0 Å². The normalized spacial score (nSPS) is 11.8. The van der Waals surface area contributed by atoms with Gasteiger partial charge < -0.3 is 19.7 Å². The first-order chi connectivity index (χ1) is 19.7. The van der Waals surface area contributed by atoms with E-state index in [0.717, 1.165) is 34.5 Å². The van der Waals surface area contributed by atoms with Crippen molar-refractivity contribution in [1.82, 2.24) is 10.2 Å². The summed E-state index contributed by atoms with van der Waals surface area (Å²) < 4.78 is 37.4. The molecule has 0 radical (unpaired) electrons. The monoisotopic (exact) mass is 581 g/mol. The van der Waals surface area contributed by atoms with Crippen molar-refractivity contribution in [2.75, 3.05) is 37.9 Å². The second-order valence-corrected chi connectivity index (χ2v) is 11.6. The van der Waals surface area contributed by atoms with Gasteiger partial charge >= 0.3 is 0 Å². The lowest BCUT2D eigenvalue weighted by Crippen LogP contribution is -2.53. The average Bonchev–Trinajstić information content (AvgIpc) is 2.97. The number of ether oxygens (including phenoxy) is 2. The number of methoxy groups -OCH3 is 2. The van der Waals surface area contributed by atoms with E-state index in [9.17, 15) is 18.0 Å². The summed E-state index contributed by atoms with van der Waals surface area (Å²) in [5.41, 5.74) is 1.93. The molecule has 0 saturated carbocycles. The van der Waals surface area contributed by atoms with E-state index in [1.165, 1.54) is 12.0 Å². The van der Waals surface area contributed by atoms with Gasteiger partial charge in [0.1, 0.15) is 24.1 Å². The van der Waals surface area contributed by atoms with E-state index in [1.54, 1.807) is 43.5 Å². The summed E-state index contributed by atoms with van der Waals surface area (Å²) >= 11 is 0. The first-order valence-electron chi connectivity index (χ1n) is 13.5. The first kappa shape index (κ1) is 31.5. The Kier molecular flexibility index (Phi) is 11.6. The molecule has 41 heavy (non-hydrogen) atoms. The van der Waals surface area contributed by atoms with Crippen molar-refractivity contribution in [3.05, 3.63) is 90.0 Å². The molecule has 1 unspecified atom stereocenters. The number of amides is 2. The Morgan fingerprint density at radius 2 is 1.54 bits per heavy atom. The summed E-state index contributed by atoms with van der Waals surface area (Å²) in [6.07, 6.45) is 3.01. The summed E-state index contributed by atoms with van der Waals surface area (Å²) in [5.74, 6) is 0.354. The van der Waals surface area contributed by atoms with Gasteiger partial charge in [0.25, 0.3) is 0 Å². The summed E-state index contributed by atoms with van der Waals surface area (Å²) in [5, 5.41) is 2.97. The van der Waals surface area contributed by atoms with Crippen LogP contribution >= 0.6 is 0 Å². The van der Waals surface area contributed by atoms with Crippen molar-refractivity contribution in [1.29, 1.82) is 0 Å². The Balaban J connectivity index is 2.03. The van der Waals surface area contributed by atoms with E-state index in [2.05, 4.69) is 5.32 Å². The fourth-order valence-corrected chi connectivity index (χ4v) is 5.24. The molecule has 3 aromatic rings. The molecule has 0 bridgehead atoms. The minimum atomic E-state index is -3.85. The number of nitrogens with zero attached hydrogens (tertiary/aromatic N) is 2. The number of benzene rings is 3. The highest BCUT2D eigenvalue weighted by molar-refractivity contribution is 7.92. The number of carbonyl (C=O) groups excluding carboxylic acids is 2. The Labute approximate surface area is 243 Å². The number of carbonyl (C=O) groups is 2. The van der Waals surface area contributed by atoms with Crippen LogP contribution in [0, 0.1) is 0 Å². The van der Waals surface area contributed by atoms with Crippen LogP contribution < -0.4 is 19.1 Å². The minimum Gasteiger partial charge on any atom is -0.497 e. The van der Waals surface area contributed by atoms with E-state index in [-0.39, 0.29) is 18.9 Å². The van der Waals surface area contributed by atoms with Crippen molar-refractivity contribution in [3.63, 3.8) is 0 Å². The molecule has 0 heterocycles. The maximum atomic E-state index is 14.1. The zero-order chi connectivity index (χ0) is 29.8. The fourth-order valence-electron chi connectivity index (χ4n) is 4.39. The lowest BCUT2D eigenvalue weighted by molar-refractivity contribution is -0.140. The quantitative estimate of drug-likeness (QED) is 0.272. The molecule has 0 fully saturated rings. The number of sulfonamides is 1. The van der Waals surface area contributed by atoms with Gasteiger partial charge in [-0.05, 0) is 53.9 Å². The minimum absolute atomic E-state index is 0.0783. The zero-order valence-corrected chi connectivity index (χ0v) is 24.9. The molecule has 3 aromatic carbocycles. The topological polar surface area (TPSA) is 105 Å². The maximum absolute atomic E-state index is 14.1. The molecule has 3 rings (SSSR count). The van der Waals surface area contributed by atoms with Gasteiger partial charge in [-0.2, -0.15) is 0 Å². The van der Waals surface area contributed by atoms with E-state index < -0.39 is 28.5 Å². The van der Waals surface area contributed by atoms with Gasteiger partial charge in [0, 0.05) is 19.5 Å². The third-order valence-corrected chi connectivity index (χ3v) is 7.77. The standard InChI is InChI=1S/C31H39N3O6S/c1-5-6-19-32-31(36)29(21-24-11-8-7-9-12-24)33(22-25-13-10-14-28(20-25)40-3)30(35)23-34(41(4,37)38)26-15-17-27(39-2)18-16-26/h7-18,20,29H,5-6,19,21-23H2,1-4H3,(H,32,36). The van der Waals surface area contributed by atoms with Crippen molar-refractivity contribution in [2.45, 2.75) is 38.8 Å². The van der Waals surface area contributed by atoms with Crippen LogP contribution in [0.4, 0.5) is 5.69 Å². The highest BCUT2D eigenvalue weighted by Gasteiger charge is 2.33. The Bertz CT molecular complexity index is 1380. The molecule has 9 nitrogen and oxygen atoms in total. The van der Waals surface area contributed by atoms with Crippen LogP contribution in [-0.2, 0) is 32.6 Å². The second kappa shape index (κ2) is 15.1. The molecule has 2 amide bonds. The van der Waals surface area contributed by atoms with E-state index in [1.807, 2.05) is 49.4 Å². The molecule has 0 aromatic heterocycles. The van der Waals surface area contributed by atoms with Crippen LogP contribution in [0.1, 0.15) is 30.9 Å². The summed E-state index contributed by atoms with van der Waals surface area (Å²) in [4.78, 5) is 29.2. The second-order valence-electron chi connectivity index (χ2n) is 9.69. The predicted octanol–water partition coefficient (Wildman–Crippen LogP) is 4.03. The molecule has 0 saturated heterocycles. The van der Waals surface area contributed by atoms with Crippen LogP contribution in [0.25, 0.3) is 0 Å². The lowest BCUT2D eigenvalue weighted by atomic mass is 10.0. The largest absolute Gasteiger partial charge is 0.497 e. The van der Waals surface area contributed by atoms with Crippen molar-refractivity contribution < 1.29 is 27.5 Å². The highest BCUT2D eigenvalue weighted by Crippen LogP contribution is 2.23. The Morgan fingerprint density at radius 1 is 0.878 bits per heavy atom. The fraction of sp³-hybridized carbons (Fsp3) is 0.355. The van der Waals surface area contributed by atoms with Gasteiger partial charge in [0.05, 0.1) is 26.2 Å². The van der Waals surface area contributed by atoms with E-state index >= 15 is 0 Å². The number of nitrogens with one attached hydrogen (secondary N) is 1. The molecule has 0 aliphatic carbocycles. The van der Waals surface area contributed by atoms with Gasteiger partial charge in [-0.25, -0.2) is 8.42 Å². The molecule has 220 valence electrons. The summed E-state index contributed by atoms with van der Waals surface area (Å²) in [6.45, 7) is 2.10. The number of hydrogen-bond acceptors (Lipinski definition) is 6. The first-order valence-corrected chi connectivity index (χ1v) is 15.4. The van der Waals surface area contributed by atoms with Gasteiger partial charge in [-0.1, -0.05) is 55.8 Å². The molecule has 0 aliphatic heterocycles. The number of hydrogen-bond donors (Lipinski definition) is 1. The lowest BCUT2D eigenvalue weighted by Gasteiger charge is -2.33. The van der Waals surface area contributed by atoms with Gasteiger partial charge in [0.15, 0.2) is 0 Å². The highest BCUT2D eigenvalue weighted by atomic mass is 32.2. The van der Waals surface area contributed by atoms with Gasteiger partial charge in [-0.3, -0.25) is 13.9 Å². The molecular formula is C31H39N3O6S. The SMILES string of the molecule is CCCCNC(=O)C(Cc1ccccc1)N(Cc1cccc(OC)c1)C(=O)CN(c1ccc(OC)cc1)S(C)(=O)=O. The molecule has 10 heteroatoms. The van der Waals surface area contributed by atoms with Crippen LogP contribution in [0.15, 0.2) is 78.9 Å². The number of rotatable bonds is 15. The molecule has 0 aliphatic rings. The maximum Gasteiger partial charge on any atom is 0.244 e. The van der Waals surface area contributed by atoms with Crippen LogP contribution in [0.2, 0.25) is 0 Å². The third-order valence-electron chi connectivity index (χ3n) is 6.63. The summed E-state index contributed by atoms with van der Waals surface area (Å²) in [6, 6.07) is 22.2. The Morgan fingerprint density at radius 3 is 2.15 bits per heavy atom. The smallest absolute Gasteiger partial charge is 0.244 e. The van der Waals surface area contributed by atoms with E-state index in [4.69, 9.17) is 9.47 Å². The molecule has 1 atom stereocenters. The zero-order valence-electron chi connectivity index (χ0n) is 24.1. The van der Waals surface area contributed by atoms with Gasteiger partial charge in [0.2, 0.25) is 21.8 Å². The number of anilines is 1. The van der Waals surface area contributed by atoms with Crippen molar-refractivity contribution >= 4 is 27.5 Å². The van der Waals surface area contributed by atoms with Crippen LogP contribution in [0.5, 0.6) is 11.5 Å². The van der Waals surface area contributed by atoms with Gasteiger partial charge in [-0.15, -0.1) is 0 Å². The van der Waals surface area contributed by atoms with Crippen molar-refractivity contribution in [3.8, 4) is 11.5 Å². The molecule has 0 spiro atoms. The van der Waals surface area contributed by atoms with Crippen LogP contribution in [0.3, 0.4) is 0 Å². The third kappa shape index (κ3) is 9.24. The Hall–Kier alpha value is -4.05. The molecular weight excluding hydrogens is 542 g/mol. The van der Waals surface area contributed by atoms with E-state index in [0.29, 0.717) is 23.7 Å².